The average Bonchev–Trinajstić information content (AvgIpc) is 2.63. The molecule has 3 rings (SSSR count). The van der Waals surface area contributed by atoms with Crippen LogP contribution in [-0.4, -0.2) is 32.4 Å². The highest BCUT2D eigenvalue weighted by Crippen LogP contribution is 2.35. The Kier molecular flexibility index (Phi) is 5.98. The fraction of sp³-hybridized carbons (Fsp3) is 0.368. The van der Waals surface area contributed by atoms with Crippen LogP contribution in [0.1, 0.15) is 41.9 Å². The number of carbonyl (C=O) groups is 1. The highest BCUT2D eigenvalue weighted by Gasteiger charge is 2.29. The van der Waals surface area contributed by atoms with Gasteiger partial charge in [0.2, 0.25) is 0 Å². The Bertz CT molecular complexity index is 823. The fourth-order valence-electron chi connectivity index (χ4n) is 2.87. The lowest BCUT2D eigenvalue weighted by molar-refractivity contribution is 0.0987. The summed E-state index contributed by atoms with van der Waals surface area (Å²) in [4.78, 5) is 25.7. The van der Waals surface area contributed by atoms with Crippen molar-refractivity contribution in [3.05, 3.63) is 53.5 Å². The van der Waals surface area contributed by atoms with Gasteiger partial charge in [0.25, 0.3) is 0 Å². The van der Waals surface area contributed by atoms with Gasteiger partial charge in [-0.1, -0.05) is 43.0 Å². The number of nitrogens with zero attached hydrogens (tertiary/aromatic N) is 3. The van der Waals surface area contributed by atoms with Crippen LogP contribution >= 0.6 is 23.5 Å². The van der Waals surface area contributed by atoms with E-state index in [-0.39, 0.29) is 11.3 Å². The van der Waals surface area contributed by atoms with E-state index in [1.54, 1.807) is 35.9 Å². The van der Waals surface area contributed by atoms with Gasteiger partial charge < -0.3 is 5.73 Å². The first-order valence-electron chi connectivity index (χ1n) is 8.56. The van der Waals surface area contributed by atoms with Crippen LogP contribution in [0.3, 0.4) is 0 Å². The zero-order chi connectivity index (χ0) is 18.6. The molecule has 1 aliphatic rings. The largest absolute Gasteiger partial charge is 0.379 e. The molecule has 0 aliphatic carbocycles. The van der Waals surface area contributed by atoms with E-state index in [9.17, 15) is 4.79 Å². The molecule has 2 heterocycles. The molecular formula is C19H22N4OS2. The van der Waals surface area contributed by atoms with Gasteiger partial charge in [0.1, 0.15) is 10.7 Å². The molecule has 0 unspecified atom stereocenters. The molecule has 0 saturated carbocycles. The van der Waals surface area contributed by atoms with E-state index < -0.39 is 0 Å². The Morgan fingerprint density at radius 2 is 2.19 bits per heavy atom. The van der Waals surface area contributed by atoms with E-state index >= 15 is 0 Å². The molecule has 5 nitrogen and oxygen atoms in total. The summed E-state index contributed by atoms with van der Waals surface area (Å²) in [5, 5.41) is 1.46. The van der Waals surface area contributed by atoms with Gasteiger partial charge in [-0.05, 0) is 30.2 Å². The van der Waals surface area contributed by atoms with Crippen molar-refractivity contribution in [2.45, 2.75) is 37.3 Å². The molecule has 0 saturated heterocycles. The minimum absolute atomic E-state index is 0.0323. The molecule has 7 heteroatoms. The first kappa shape index (κ1) is 18.9. The highest BCUT2D eigenvalue weighted by atomic mass is 32.2. The van der Waals surface area contributed by atoms with Crippen molar-refractivity contribution in [2.24, 2.45) is 10.7 Å². The van der Waals surface area contributed by atoms with Crippen LogP contribution in [0.15, 0.2) is 46.7 Å². The molecule has 0 bridgehead atoms. The molecule has 1 aromatic heterocycles. The smallest absolute Gasteiger partial charge is 0.187 e. The summed E-state index contributed by atoms with van der Waals surface area (Å²) in [6, 6.07) is 8.05. The summed E-state index contributed by atoms with van der Waals surface area (Å²) < 4.78 is 0. The zero-order valence-electron chi connectivity index (χ0n) is 14.9. The topological polar surface area (TPSA) is 81.2 Å². The Morgan fingerprint density at radius 3 is 2.88 bits per heavy atom. The Labute approximate surface area is 162 Å². The van der Waals surface area contributed by atoms with Gasteiger partial charge in [-0.25, -0.2) is 9.97 Å². The lowest BCUT2D eigenvalue weighted by atomic mass is 9.88. The summed E-state index contributed by atoms with van der Waals surface area (Å²) >= 11 is 3.20. The molecular weight excluding hydrogens is 364 g/mol. The third kappa shape index (κ3) is 4.45. The van der Waals surface area contributed by atoms with E-state index in [0.29, 0.717) is 17.3 Å². The fourth-order valence-corrected chi connectivity index (χ4v) is 4.39. The number of Topliss-reactive ketones (excluding diaryl/α,β-unsaturated/α-hetero) is 1. The Balaban J connectivity index is 1.76. The molecule has 2 N–H and O–H groups in total. The van der Waals surface area contributed by atoms with Crippen LogP contribution in [0.2, 0.25) is 0 Å². The SMILES string of the molecule is CCSc1cnc(C(=O)Cc2cccc([C@]3(C)CCSC(N)=N3)c2)cn1. The summed E-state index contributed by atoms with van der Waals surface area (Å²) in [6.45, 7) is 4.15. The number of rotatable bonds is 6. The maximum atomic E-state index is 12.5. The molecule has 0 amide bonds. The van der Waals surface area contributed by atoms with Crippen molar-refractivity contribution in [2.75, 3.05) is 11.5 Å². The summed E-state index contributed by atoms with van der Waals surface area (Å²) in [7, 11) is 0. The van der Waals surface area contributed by atoms with Gasteiger partial charge in [-0.2, -0.15) is 0 Å². The van der Waals surface area contributed by atoms with Crippen LogP contribution in [0.25, 0.3) is 0 Å². The second-order valence-electron chi connectivity index (χ2n) is 6.30. The quantitative estimate of drug-likeness (QED) is 0.602. The summed E-state index contributed by atoms with van der Waals surface area (Å²) in [6.07, 6.45) is 4.45. The Morgan fingerprint density at radius 1 is 1.35 bits per heavy atom. The third-order valence-electron chi connectivity index (χ3n) is 4.32. The number of aliphatic imine (C=N–C) groups is 1. The molecule has 136 valence electrons. The van der Waals surface area contributed by atoms with Crippen molar-refractivity contribution >= 4 is 34.5 Å². The van der Waals surface area contributed by atoms with Gasteiger partial charge >= 0.3 is 0 Å². The monoisotopic (exact) mass is 386 g/mol. The first-order valence-corrected chi connectivity index (χ1v) is 10.5. The third-order valence-corrected chi connectivity index (χ3v) is 5.91. The van der Waals surface area contributed by atoms with Crippen LogP contribution < -0.4 is 5.73 Å². The second-order valence-corrected chi connectivity index (χ2v) is 8.70. The van der Waals surface area contributed by atoms with Crippen molar-refractivity contribution in [1.82, 2.24) is 9.97 Å². The van der Waals surface area contributed by atoms with Crippen molar-refractivity contribution in [3.63, 3.8) is 0 Å². The normalized spacial score (nSPS) is 19.8. The zero-order valence-corrected chi connectivity index (χ0v) is 16.6. The number of thioether (sulfide) groups is 2. The predicted octanol–water partition coefficient (Wildman–Crippen LogP) is 3.68. The average molecular weight is 387 g/mol. The summed E-state index contributed by atoms with van der Waals surface area (Å²) in [5.74, 6) is 1.85. The summed E-state index contributed by atoms with van der Waals surface area (Å²) in [5.41, 5.74) is 8.04. The number of aromatic nitrogens is 2. The highest BCUT2D eigenvalue weighted by molar-refractivity contribution is 8.13. The van der Waals surface area contributed by atoms with Crippen LogP contribution in [0, 0.1) is 0 Å². The molecule has 1 aliphatic heterocycles. The molecule has 26 heavy (non-hydrogen) atoms. The van der Waals surface area contributed by atoms with E-state index in [0.717, 1.165) is 34.1 Å². The number of amidine groups is 1. The van der Waals surface area contributed by atoms with E-state index in [2.05, 4.69) is 40.9 Å². The minimum Gasteiger partial charge on any atom is -0.379 e. The molecule has 0 radical (unpaired) electrons. The number of benzene rings is 1. The number of nitrogens with two attached hydrogens (primary N) is 1. The van der Waals surface area contributed by atoms with Crippen LogP contribution in [0.5, 0.6) is 0 Å². The maximum absolute atomic E-state index is 12.5. The molecule has 0 spiro atoms. The van der Waals surface area contributed by atoms with Crippen LogP contribution in [0.4, 0.5) is 0 Å². The lowest BCUT2D eigenvalue weighted by Crippen LogP contribution is -2.28. The van der Waals surface area contributed by atoms with Crippen molar-refractivity contribution in [3.8, 4) is 0 Å². The molecule has 0 fully saturated rings. The first-order chi connectivity index (χ1) is 12.5. The standard InChI is InChI=1S/C19H22N4OS2/c1-3-25-17-12-21-15(11-22-17)16(24)10-13-5-4-6-14(9-13)19(2)7-8-26-18(20)23-19/h4-6,9,11-12H,3,7-8,10H2,1-2H3,(H2,20,23)/t19-/m0/s1. The number of hydrogen-bond donors (Lipinski definition) is 1. The van der Waals surface area contributed by atoms with Gasteiger partial charge in [-0.15, -0.1) is 11.8 Å². The van der Waals surface area contributed by atoms with Crippen LogP contribution in [-0.2, 0) is 12.0 Å². The van der Waals surface area contributed by atoms with Crippen molar-refractivity contribution < 1.29 is 4.79 Å². The minimum atomic E-state index is -0.326. The maximum Gasteiger partial charge on any atom is 0.187 e. The van der Waals surface area contributed by atoms with E-state index in [4.69, 9.17) is 5.73 Å². The van der Waals surface area contributed by atoms with Crippen molar-refractivity contribution in [1.29, 1.82) is 0 Å². The number of hydrogen-bond acceptors (Lipinski definition) is 7. The van der Waals surface area contributed by atoms with E-state index in [1.165, 1.54) is 0 Å². The number of ketones is 1. The molecule has 1 atom stereocenters. The van der Waals surface area contributed by atoms with Gasteiger partial charge in [0, 0.05) is 12.2 Å². The van der Waals surface area contributed by atoms with Gasteiger partial charge in [0.15, 0.2) is 11.0 Å². The van der Waals surface area contributed by atoms with E-state index in [1.807, 2.05) is 12.1 Å². The number of carbonyl (C=O) groups excluding carboxylic acids is 1. The Hall–Kier alpha value is -1.86. The second kappa shape index (κ2) is 8.22. The molecule has 1 aromatic carbocycles. The predicted molar refractivity (Wildman–Crippen MR) is 109 cm³/mol. The lowest BCUT2D eigenvalue weighted by Gasteiger charge is -2.30. The van der Waals surface area contributed by atoms with Gasteiger partial charge in [0.05, 0.1) is 17.9 Å². The van der Waals surface area contributed by atoms with Gasteiger partial charge in [-0.3, -0.25) is 9.79 Å². The molecule has 2 aromatic rings.